The fourth-order valence-corrected chi connectivity index (χ4v) is 4.21. The van der Waals surface area contributed by atoms with Gasteiger partial charge in [-0.3, -0.25) is 4.79 Å². The van der Waals surface area contributed by atoms with Crippen LogP contribution in [0, 0.1) is 6.92 Å². The van der Waals surface area contributed by atoms with Gasteiger partial charge in [-0.2, -0.15) is 0 Å². The first-order valence-corrected chi connectivity index (χ1v) is 10.7. The van der Waals surface area contributed by atoms with Gasteiger partial charge in [0.05, 0.1) is 16.1 Å². The van der Waals surface area contributed by atoms with E-state index >= 15 is 0 Å². The maximum Gasteiger partial charge on any atom is 0.255 e. The first-order valence-electron chi connectivity index (χ1n) is 10.4. The lowest BCUT2D eigenvalue weighted by Gasteiger charge is -2.36. The van der Waals surface area contributed by atoms with E-state index in [-0.39, 0.29) is 5.91 Å². The molecule has 31 heavy (non-hydrogen) atoms. The Labute approximate surface area is 186 Å². The van der Waals surface area contributed by atoms with Gasteiger partial charge in [0.1, 0.15) is 17.3 Å². The summed E-state index contributed by atoms with van der Waals surface area (Å²) in [7, 11) is 0. The molecule has 0 aromatic heterocycles. The topological polar surface area (TPSA) is 45.1 Å². The number of nitrogens with zero attached hydrogens (tertiary/aromatic N) is 3. The molecule has 2 heterocycles. The van der Waals surface area contributed by atoms with E-state index in [1.54, 1.807) is 12.1 Å². The smallest absolute Gasteiger partial charge is 0.255 e. The van der Waals surface area contributed by atoms with Gasteiger partial charge in [-0.1, -0.05) is 41.9 Å². The lowest BCUT2D eigenvalue weighted by molar-refractivity contribution is 0.0692. The predicted octanol–water partition coefficient (Wildman–Crippen LogP) is 5.29. The molecule has 0 radical (unpaired) electrons. The molecule has 5 nitrogen and oxygen atoms in total. The van der Waals surface area contributed by atoms with Gasteiger partial charge >= 0.3 is 0 Å². The summed E-state index contributed by atoms with van der Waals surface area (Å²) in [5, 5.41) is 0.487. The summed E-state index contributed by atoms with van der Waals surface area (Å²) < 4.78 is 6.21. The molecule has 0 spiro atoms. The Balaban J connectivity index is 1.42. The van der Waals surface area contributed by atoms with Crippen LogP contribution in [0.25, 0.3) is 0 Å². The zero-order chi connectivity index (χ0) is 21.4. The molecule has 1 saturated heterocycles. The number of fused-ring (bicyclic) bond motifs is 2. The summed E-state index contributed by atoms with van der Waals surface area (Å²) in [6.45, 7) is 4.62. The standard InChI is InChI=1S/C25H22ClN3O2/c1-17-10-11-21-23(16-17)31-22-9-5-3-7-19(22)24(27-21)28-12-14-29(15-13-28)25(30)18-6-2-4-8-20(18)26/h2-11,16H,12-15H2,1H3. The average molecular weight is 432 g/mol. The lowest BCUT2D eigenvalue weighted by atomic mass is 10.1. The van der Waals surface area contributed by atoms with Crippen molar-refractivity contribution in [3.8, 4) is 11.5 Å². The number of carbonyl (C=O) groups excluding carboxylic acids is 1. The highest BCUT2D eigenvalue weighted by Gasteiger charge is 2.28. The van der Waals surface area contributed by atoms with Gasteiger partial charge in [0.2, 0.25) is 0 Å². The second-order valence-electron chi connectivity index (χ2n) is 7.76. The molecule has 0 aliphatic carbocycles. The Kier molecular flexibility index (Phi) is 5.12. The van der Waals surface area contributed by atoms with Crippen molar-refractivity contribution in [2.24, 2.45) is 4.99 Å². The maximum absolute atomic E-state index is 12.9. The van der Waals surface area contributed by atoms with Crippen molar-refractivity contribution in [2.75, 3.05) is 26.2 Å². The maximum atomic E-state index is 12.9. The number of amides is 1. The monoisotopic (exact) mass is 431 g/mol. The molecule has 156 valence electrons. The summed E-state index contributed by atoms with van der Waals surface area (Å²) in [6, 6.07) is 21.2. The minimum atomic E-state index is -0.0300. The molecule has 5 rings (SSSR count). The van der Waals surface area contributed by atoms with E-state index in [1.807, 2.05) is 66.4 Å². The van der Waals surface area contributed by atoms with Gasteiger partial charge in [0.25, 0.3) is 5.91 Å². The van der Waals surface area contributed by atoms with E-state index < -0.39 is 0 Å². The van der Waals surface area contributed by atoms with Crippen LogP contribution < -0.4 is 4.74 Å². The van der Waals surface area contributed by atoms with Crippen LogP contribution >= 0.6 is 11.6 Å². The molecule has 0 bridgehead atoms. The van der Waals surface area contributed by atoms with Crippen LogP contribution in [0.5, 0.6) is 11.5 Å². The number of carbonyl (C=O) groups is 1. The van der Waals surface area contributed by atoms with Gasteiger partial charge < -0.3 is 14.5 Å². The SMILES string of the molecule is Cc1ccc2c(c1)Oc1ccccc1C(N1CCN(C(=O)c3ccccc3Cl)CC1)=N2. The fraction of sp³-hybridized carbons (Fsp3) is 0.200. The molecule has 1 amide bonds. The Morgan fingerprint density at radius 3 is 2.48 bits per heavy atom. The first-order chi connectivity index (χ1) is 15.1. The van der Waals surface area contributed by atoms with Crippen LogP contribution in [0.4, 0.5) is 5.69 Å². The highest BCUT2D eigenvalue weighted by molar-refractivity contribution is 6.33. The normalized spacial score (nSPS) is 15.4. The number of halogens is 1. The summed E-state index contributed by atoms with van der Waals surface area (Å²) in [5.41, 5.74) is 3.45. The number of amidine groups is 1. The molecular weight excluding hydrogens is 410 g/mol. The van der Waals surface area contributed by atoms with Crippen molar-refractivity contribution < 1.29 is 9.53 Å². The van der Waals surface area contributed by atoms with Gasteiger partial charge in [0.15, 0.2) is 5.75 Å². The molecule has 1 fully saturated rings. The highest BCUT2D eigenvalue weighted by Crippen LogP contribution is 2.38. The quantitative estimate of drug-likeness (QED) is 0.525. The van der Waals surface area contributed by atoms with Gasteiger partial charge in [-0.25, -0.2) is 4.99 Å². The van der Waals surface area contributed by atoms with Gasteiger partial charge in [-0.15, -0.1) is 0 Å². The Morgan fingerprint density at radius 1 is 0.935 bits per heavy atom. The summed E-state index contributed by atoms with van der Waals surface area (Å²) in [4.78, 5) is 22.0. The molecular formula is C25H22ClN3O2. The van der Waals surface area contributed by atoms with E-state index in [2.05, 4.69) is 4.90 Å². The molecule has 2 aliphatic heterocycles. The molecule has 2 aliphatic rings. The number of para-hydroxylation sites is 1. The molecule has 0 unspecified atom stereocenters. The van der Waals surface area contributed by atoms with Crippen molar-refractivity contribution in [3.63, 3.8) is 0 Å². The molecule has 3 aromatic rings. The van der Waals surface area contributed by atoms with Crippen molar-refractivity contribution in [2.45, 2.75) is 6.92 Å². The average Bonchev–Trinajstić information content (AvgIpc) is 2.95. The second kappa shape index (κ2) is 8.08. The number of hydrogen-bond donors (Lipinski definition) is 0. The van der Waals surface area contributed by atoms with E-state index in [9.17, 15) is 4.79 Å². The Bertz CT molecular complexity index is 1180. The van der Waals surface area contributed by atoms with Crippen LogP contribution in [0.2, 0.25) is 5.02 Å². The van der Waals surface area contributed by atoms with E-state index in [0.717, 1.165) is 34.1 Å². The third-order valence-corrected chi connectivity index (χ3v) is 5.99. The Morgan fingerprint density at radius 2 is 1.68 bits per heavy atom. The predicted molar refractivity (Wildman–Crippen MR) is 123 cm³/mol. The lowest BCUT2D eigenvalue weighted by Crippen LogP contribution is -2.50. The molecule has 0 saturated carbocycles. The van der Waals surface area contributed by atoms with Crippen molar-refractivity contribution in [1.82, 2.24) is 9.80 Å². The molecule has 0 N–H and O–H groups in total. The number of piperazine rings is 1. The molecule has 3 aromatic carbocycles. The van der Waals surface area contributed by atoms with Crippen LogP contribution in [0.15, 0.2) is 71.7 Å². The van der Waals surface area contributed by atoms with Gasteiger partial charge in [0, 0.05) is 26.2 Å². The van der Waals surface area contributed by atoms with Crippen molar-refractivity contribution in [3.05, 3.63) is 88.4 Å². The van der Waals surface area contributed by atoms with E-state index in [0.29, 0.717) is 36.8 Å². The zero-order valence-electron chi connectivity index (χ0n) is 17.2. The number of hydrogen-bond acceptors (Lipinski definition) is 4. The molecule has 0 atom stereocenters. The van der Waals surface area contributed by atoms with Crippen LogP contribution in [-0.2, 0) is 0 Å². The number of aryl methyl sites for hydroxylation is 1. The second-order valence-corrected chi connectivity index (χ2v) is 8.17. The number of rotatable bonds is 1. The fourth-order valence-electron chi connectivity index (χ4n) is 4.00. The molecule has 6 heteroatoms. The third-order valence-electron chi connectivity index (χ3n) is 5.66. The summed E-state index contributed by atoms with van der Waals surface area (Å²) in [5.74, 6) is 2.40. The third kappa shape index (κ3) is 3.77. The van der Waals surface area contributed by atoms with Gasteiger partial charge in [-0.05, 0) is 48.9 Å². The van der Waals surface area contributed by atoms with E-state index in [1.165, 1.54) is 0 Å². The van der Waals surface area contributed by atoms with Crippen LogP contribution in [-0.4, -0.2) is 47.7 Å². The first kappa shape index (κ1) is 19.6. The van der Waals surface area contributed by atoms with Crippen molar-refractivity contribution >= 4 is 29.0 Å². The minimum Gasteiger partial charge on any atom is -0.454 e. The number of ether oxygens (including phenoxy) is 1. The zero-order valence-corrected chi connectivity index (χ0v) is 18.0. The van der Waals surface area contributed by atoms with Crippen molar-refractivity contribution in [1.29, 1.82) is 0 Å². The number of aliphatic imine (C=N–C) groups is 1. The minimum absolute atomic E-state index is 0.0300. The number of benzene rings is 3. The van der Waals surface area contributed by atoms with Crippen LogP contribution in [0.3, 0.4) is 0 Å². The summed E-state index contributed by atoms with van der Waals surface area (Å²) in [6.07, 6.45) is 0. The highest BCUT2D eigenvalue weighted by atomic mass is 35.5. The summed E-state index contributed by atoms with van der Waals surface area (Å²) >= 11 is 6.23. The Hall–Kier alpha value is -3.31. The largest absolute Gasteiger partial charge is 0.454 e. The van der Waals surface area contributed by atoms with Crippen LogP contribution in [0.1, 0.15) is 21.5 Å². The van der Waals surface area contributed by atoms with E-state index in [4.69, 9.17) is 21.3 Å².